The molecular formula is C16H24N4O3. The number of hydrogen-bond acceptors (Lipinski definition) is 6. The molecule has 7 heteroatoms. The highest BCUT2D eigenvalue weighted by Gasteiger charge is 2.24. The van der Waals surface area contributed by atoms with Gasteiger partial charge in [-0.2, -0.15) is 0 Å². The van der Waals surface area contributed by atoms with Gasteiger partial charge in [-0.15, -0.1) is 0 Å². The van der Waals surface area contributed by atoms with Gasteiger partial charge in [0, 0.05) is 37.8 Å². The summed E-state index contributed by atoms with van der Waals surface area (Å²) in [6.45, 7) is 6.87. The second-order valence-corrected chi connectivity index (χ2v) is 6.56. The molecule has 0 radical (unpaired) electrons. The molecule has 0 aromatic carbocycles. The van der Waals surface area contributed by atoms with E-state index < -0.39 is 4.92 Å². The van der Waals surface area contributed by atoms with E-state index in [-0.39, 0.29) is 5.69 Å². The molecule has 7 nitrogen and oxygen atoms in total. The van der Waals surface area contributed by atoms with Crippen LogP contribution in [0.15, 0.2) is 12.3 Å². The standard InChI is InChI=1S/C16H24N4O3/c1-12-8-16(17-9-15(12)20(21)22)18-14-2-5-19(6-3-14)10-13-4-7-23-11-13/h8-9,13-14H,2-7,10-11H2,1H3,(H,17,18). The Hall–Kier alpha value is -1.73. The van der Waals surface area contributed by atoms with E-state index in [1.165, 1.54) is 12.6 Å². The van der Waals surface area contributed by atoms with Crippen molar-refractivity contribution in [1.82, 2.24) is 9.88 Å². The van der Waals surface area contributed by atoms with Crippen molar-refractivity contribution in [1.29, 1.82) is 0 Å². The zero-order valence-corrected chi connectivity index (χ0v) is 13.5. The molecule has 126 valence electrons. The van der Waals surface area contributed by atoms with Crippen molar-refractivity contribution in [3.63, 3.8) is 0 Å². The lowest BCUT2D eigenvalue weighted by molar-refractivity contribution is -0.385. The van der Waals surface area contributed by atoms with Gasteiger partial charge in [0.2, 0.25) is 0 Å². The minimum atomic E-state index is -0.392. The van der Waals surface area contributed by atoms with E-state index in [4.69, 9.17) is 4.74 Å². The van der Waals surface area contributed by atoms with Gasteiger partial charge in [-0.05, 0) is 38.2 Å². The number of likely N-dealkylation sites (tertiary alicyclic amines) is 1. The van der Waals surface area contributed by atoms with E-state index in [0.717, 1.165) is 51.5 Å². The summed E-state index contributed by atoms with van der Waals surface area (Å²) < 4.78 is 5.44. The van der Waals surface area contributed by atoms with Crippen LogP contribution in [0.2, 0.25) is 0 Å². The van der Waals surface area contributed by atoms with Crippen LogP contribution in [0.1, 0.15) is 24.8 Å². The van der Waals surface area contributed by atoms with E-state index in [2.05, 4.69) is 15.2 Å². The normalized spacial score (nSPS) is 23.1. The first kappa shape index (κ1) is 16.1. The topological polar surface area (TPSA) is 80.5 Å². The molecule has 1 N–H and O–H groups in total. The maximum absolute atomic E-state index is 10.8. The van der Waals surface area contributed by atoms with Crippen molar-refractivity contribution in [2.45, 2.75) is 32.2 Å². The molecule has 2 aliphatic rings. The number of hydrogen-bond donors (Lipinski definition) is 1. The Labute approximate surface area is 136 Å². The molecule has 2 saturated heterocycles. The second kappa shape index (κ2) is 7.23. The zero-order valence-electron chi connectivity index (χ0n) is 13.5. The van der Waals surface area contributed by atoms with E-state index in [9.17, 15) is 10.1 Å². The molecule has 0 spiro atoms. The number of ether oxygens (including phenoxy) is 1. The Morgan fingerprint density at radius 3 is 2.83 bits per heavy atom. The summed E-state index contributed by atoms with van der Waals surface area (Å²) in [6, 6.07) is 2.15. The molecule has 0 aliphatic carbocycles. The lowest BCUT2D eigenvalue weighted by atomic mass is 10.0. The van der Waals surface area contributed by atoms with E-state index >= 15 is 0 Å². The number of rotatable bonds is 5. The van der Waals surface area contributed by atoms with Gasteiger partial charge in [0.1, 0.15) is 12.0 Å². The van der Waals surface area contributed by atoms with Gasteiger partial charge in [0.05, 0.1) is 11.5 Å². The zero-order chi connectivity index (χ0) is 16.2. The van der Waals surface area contributed by atoms with Crippen molar-refractivity contribution in [2.24, 2.45) is 5.92 Å². The molecular weight excluding hydrogens is 296 g/mol. The number of aryl methyl sites for hydroxylation is 1. The lowest BCUT2D eigenvalue weighted by Crippen LogP contribution is -2.41. The van der Waals surface area contributed by atoms with Crippen LogP contribution in [-0.4, -0.2) is 53.7 Å². The Kier molecular flexibility index (Phi) is 5.07. The first-order valence-corrected chi connectivity index (χ1v) is 8.29. The fourth-order valence-corrected chi connectivity index (χ4v) is 3.38. The smallest absolute Gasteiger partial charge is 0.290 e. The molecule has 23 heavy (non-hydrogen) atoms. The highest BCUT2D eigenvalue weighted by molar-refractivity contribution is 5.47. The molecule has 3 heterocycles. The van der Waals surface area contributed by atoms with Crippen molar-refractivity contribution < 1.29 is 9.66 Å². The van der Waals surface area contributed by atoms with E-state index in [1.807, 2.05) is 0 Å². The average Bonchev–Trinajstić information content (AvgIpc) is 3.02. The van der Waals surface area contributed by atoms with Crippen molar-refractivity contribution in [2.75, 3.05) is 38.2 Å². The van der Waals surface area contributed by atoms with Gasteiger partial charge in [-0.1, -0.05) is 0 Å². The first-order chi connectivity index (χ1) is 11.1. The molecule has 0 bridgehead atoms. The maximum atomic E-state index is 10.8. The van der Waals surface area contributed by atoms with Crippen molar-refractivity contribution in [3.8, 4) is 0 Å². The molecule has 0 amide bonds. The van der Waals surface area contributed by atoms with Crippen LogP contribution in [0.5, 0.6) is 0 Å². The van der Waals surface area contributed by atoms with E-state index in [0.29, 0.717) is 17.5 Å². The molecule has 1 unspecified atom stereocenters. The maximum Gasteiger partial charge on any atom is 0.290 e. The highest BCUT2D eigenvalue weighted by atomic mass is 16.6. The van der Waals surface area contributed by atoms with Crippen molar-refractivity contribution in [3.05, 3.63) is 27.9 Å². The molecule has 1 atom stereocenters. The average molecular weight is 320 g/mol. The van der Waals surface area contributed by atoms with Gasteiger partial charge in [0.15, 0.2) is 0 Å². The third-order valence-corrected chi connectivity index (χ3v) is 4.76. The monoisotopic (exact) mass is 320 g/mol. The van der Waals surface area contributed by atoms with Crippen LogP contribution < -0.4 is 5.32 Å². The number of aromatic nitrogens is 1. The summed E-state index contributed by atoms with van der Waals surface area (Å²) >= 11 is 0. The Bertz CT molecular complexity index is 552. The molecule has 1 aromatic rings. The predicted octanol–water partition coefficient (Wildman–Crippen LogP) is 2.21. The summed E-state index contributed by atoms with van der Waals surface area (Å²) in [5, 5.41) is 14.2. The van der Waals surface area contributed by atoms with Gasteiger partial charge in [-0.25, -0.2) is 4.98 Å². The SMILES string of the molecule is Cc1cc(NC2CCN(CC3CCOC3)CC2)ncc1[N+](=O)[O-]. The fraction of sp³-hybridized carbons (Fsp3) is 0.688. The summed E-state index contributed by atoms with van der Waals surface area (Å²) in [5.41, 5.74) is 0.718. The largest absolute Gasteiger partial charge is 0.381 e. The third-order valence-electron chi connectivity index (χ3n) is 4.76. The van der Waals surface area contributed by atoms with Crippen LogP contribution in [0, 0.1) is 23.0 Å². The number of nitrogens with zero attached hydrogens (tertiary/aromatic N) is 3. The van der Waals surface area contributed by atoms with Crippen molar-refractivity contribution >= 4 is 11.5 Å². The number of nitro groups is 1. The Balaban J connectivity index is 1.48. The second-order valence-electron chi connectivity index (χ2n) is 6.56. The van der Waals surface area contributed by atoms with Gasteiger partial charge < -0.3 is 15.0 Å². The quantitative estimate of drug-likeness (QED) is 0.662. The first-order valence-electron chi connectivity index (χ1n) is 8.29. The minimum Gasteiger partial charge on any atom is -0.381 e. The summed E-state index contributed by atoms with van der Waals surface area (Å²) in [5.74, 6) is 1.43. The summed E-state index contributed by atoms with van der Waals surface area (Å²) in [6.07, 6.45) is 4.67. The van der Waals surface area contributed by atoms with Gasteiger partial charge >= 0.3 is 0 Å². The van der Waals surface area contributed by atoms with Crippen LogP contribution >= 0.6 is 0 Å². The molecule has 0 saturated carbocycles. The lowest BCUT2D eigenvalue weighted by Gasteiger charge is -2.33. The van der Waals surface area contributed by atoms with Gasteiger partial charge in [-0.3, -0.25) is 10.1 Å². The highest BCUT2D eigenvalue weighted by Crippen LogP contribution is 2.22. The molecule has 3 rings (SSSR count). The summed E-state index contributed by atoms with van der Waals surface area (Å²) in [4.78, 5) is 17.1. The number of pyridine rings is 1. The fourth-order valence-electron chi connectivity index (χ4n) is 3.38. The van der Waals surface area contributed by atoms with Crippen LogP contribution in [0.3, 0.4) is 0 Å². The number of nitrogens with one attached hydrogen (secondary N) is 1. The Morgan fingerprint density at radius 1 is 1.43 bits per heavy atom. The van der Waals surface area contributed by atoms with Crippen LogP contribution in [0.4, 0.5) is 11.5 Å². The van der Waals surface area contributed by atoms with Crippen LogP contribution in [0.25, 0.3) is 0 Å². The van der Waals surface area contributed by atoms with E-state index in [1.54, 1.807) is 13.0 Å². The third kappa shape index (κ3) is 4.17. The number of piperidine rings is 1. The predicted molar refractivity (Wildman–Crippen MR) is 87.6 cm³/mol. The van der Waals surface area contributed by atoms with Crippen LogP contribution in [-0.2, 0) is 4.74 Å². The minimum absolute atomic E-state index is 0.0733. The molecule has 1 aromatic heterocycles. The molecule has 2 aliphatic heterocycles. The van der Waals surface area contributed by atoms with Gasteiger partial charge in [0.25, 0.3) is 5.69 Å². The Morgan fingerprint density at radius 2 is 2.22 bits per heavy atom. The summed E-state index contributed by atoms with van der Waals surface area (Å²) in [7, 11) is 0. The number of anilines is 1. The molecule has 2 fully saturated rings.